The molecule has 0 aliphatic carbocycles. The van der Waals surface area contributed by atoms with E-state index in [2.05, 4.69) is 19.2 Å². The van der Waals surface area contributed by atoms with Crippen LogP contribution in [0.25, 0.3) is 0 Å². The first kappa shape index (κ1) is 79.0. The highest BCUT2D eigenvalue weighted by Crippen LogP contribution is 2.33. The number of hydrogen-bond acceptors (Lipinski definition) is 18. The summed E-state index contributed by atoms with van der Waals surface area (Å²) in [5, 5.41) is 121. The number of hydrogen-bond donors (Lipinski definition) is 12. The van der Waals surface area contributed by atoms with Gasteiger partial charge in [-0.25, -0.2) is 0 Å². The Morgan fingerprint density at radius 2 is 0.663 bits per heavy atom. The van der Waals surface area contributed by atoms with Gasteiger partial charge in [-0.05, 0) is 12.8 Å². The molecule has 1 amide bonds. The second-order valence-electron chi connectivity index (χ2n) is 25.7. The van der Waals surface area contributed by atoms with Gasteiger partial charge in [0.15, 0.2) is 18.9 Å². The van der Waals surface area contributed by atoms with Crippen LogP contribution < -0.4 is 5.32 Å². The molecule has 3 rings (SSSR count). The highest BCUT2D eigenvalue weighted by atomic mass is 16.8. The predicted octanol–water partition coefficient (Wildman–Crippen LogP) is 9.11. The summed E-state index contributed by atoms with van der Waals surface area (Å²) in [6.45, 7) is 1.85. The van der Waals surface area contributed by atoms with Gasteiger partial charge in [-0.3, -0.25) is 4.79 Å². The van der Waals surface area contributed by atoms with Crippen LogP contribution >= 0.6 is 0 Å². The second-order valence-corrected chi connectivity index (χ2v) is 25.7. The molecule has 3 heterocycles. The average Bonchev–Trinajstić information content (AvgIpc) is 2.46. The number of unbranched alkanes of at least 4 members (excludes halogenated alkanes) is 39. The zero-order valence-corrected chi connectivity index (χ0v) is 53.8. The first-order valence-electron chi connectivity index (χ1n) is 35.3. The Balaban J connectivity index is 1.43. The highest BCUT2D eigenvalue weighted by molar-refractivity contribution is 5.76. The van der Waals surface area contributed by atoms with Crippen LogP contribution in [0.2, 0.25) is 0 Å². The van der Waals surface area contributed by atoms with Crippen molar-refractivity contribution in [1.82, 2.24) is 5.32 Å². The molecule has 0 aromatic carbocycles. The van der Waals surface area contributed by atoms with Gasteiger partial charge in [-0.15, -0.1) is 0 Å². The van der Waals surface area contributed by atoms with Crippen LogP contribution in [-0.4, -0.2) is 193 Å². The molecule has 0 aromatic heterocycles. The van der Waals surface area contributed by atoms with Crippen LogP contribution in [0.3, 0.4) is 0 Å². The quantitative estimate of drug-likeness (QED) is 0.0253. The summed E-state index contributed by atoms with van der Waals surface area (Å²) in [5.74, 6) is -0.235. The molecule has 86 heavy (non-hydrogen) atoms. The zero-order valence-electron chi connectivity index (χ0n) is 53.8. The average molecular weight is 1240 g/mol. The first-order valence-corrected chi connectivity index (χ1v) is 35.3. The van der Waals surface area contributed by atoms with Crippen LogP contribution in [-0.2, 0) is 33.2 Å². The molecule has 0 spiro atoms. The molecule has 3 aliphatic rings. The van der Waals surface area contributed by atoms with E-state index in [1.807, 2.05) is 0 Å². The van der Waals surface area contributed by atoms with Gasteiger partial charge < -0.3 is 89.9 Å². The van der Waals surface area contributed by atoms with Gasteiger partial charge in [0.25, 0.3) is 0 Å². The van der Waals surface area contributed by atoms with E-state index in [1.165, 1.54) is 212 Å². The summed E-state index contributed by atoms with van der Waals surface area (Å²) in [4.78, 5) is 13.4. The Bertz CT molecular complexity index is 1570. The molecule has 510 valence electrons. The lowest BCUT2D eigenvalue weighted by Gasteiger charge is -2.48. The number of ether oxygens (including phenoxy) is 6. The van der Waals surface area contributed by atoms with Crippen molar-refractivity contribution in [2.75, 3.05) is 26.4 Å². The molecule has 19 heteroatoms. The van der Waals surface area contributed by atoms with Crippen molar-refractivity contribution in [3.63, 3.8) is 0 Å². The van der Waals surface area contributed by atoms with Gasteiger partial charge in [0, 0.05) is 6.42 Å². The van der Waals surface area contributed by atoms with Crippen LogP contribution in [0.5, 0.6) is 0 Å². The molecule has 0 aromatic rings. The summed E-state index contributed by atoms with van der Waals surface area (Å²) in [7, 11) is 0. The maximum atomic E-state index is 13.4. The minimum atomic E-state index is -1.97. The van der Waals surface area contributed by atoms with Gasteiger partial charge >= 0.3 is 0 Å². The van der Waals surface area contributed by atoms with Crippen molar-refractivity contribution in [3.8, 4) is 0 Å². The molecule has 0 saturated carbocycles. The minimum absolute atomic E-state index is 0.235. The highest BCUT2D eigenvalue weighted by Gasteiger charge is 2.53. The minimum Gasteiger partial charge on any atom is -0.394 e. The fourth-order valence-electron chi connectivity index (χ4n) is 12.4. The Morgan fingerprint density at radius 3 is 1.01 bits per heavy atom. The molecule has 3 fully saturated rings. The number of aliphatic hydroxyl groups is 11. The number of aliphatic hydroxyl groups excluding tert-OH is 11. The predicted molar refractivity (Wildman–Crippen MR) is 333 cm³/mol. The molecular formula is C67H129NO18. The molecule has 0 bridgehead atoms. The Kier molecular flexibility index (Phi) is 46.3. The number of nitrogens with one attached hydrogen (secondary N) is 1. The summed E-state index contributed by atoms with van der Waals surface area (Å²) in [6.07, 6.45) is 26.0. The number of amides is 1. The molecule has 17 unspecified atom stereocenters. The van der Waals surface area contributed by atoms with E-state index in [0.29, 0.717) is 12.8 Å². The van der Waals surface area contributed by atoms with E-state index >= 15 is 0 Å². The largest absolute Gasteiger partial charge is 0.394 e. The van der Waals surface area contributed by atoms with Crippen LogP contribution in [0.15, 0.2) is 0 Å². The van der Waals surface area contributed by atoms with Gasteiger partial charge in [0.1, 0.15) is 73.2 Å². The third kappa shape index (κ3) is 32.4. The Morgan fingerprint density at radius 1 is 0.372 bits per heavy atom. The summed E-state index contributed by atoms with van der Waals surface area (Å²) in [6, 6.07) is -0.881. The van der Waals surface area contributed by atoms with Crippen LogP contribution in [0.4, 0.5) is 0 Å². The SMILES string of the molecule is CCCCCCCCCCCCCCCCCCCCCCCCC(=O)NC(COC1OC(CO)C(OC2OC(CO)C(OC3OC(CO)C(O)C(O)C3O)C(O)C2O)C(O)C1O)C(O)CCCCCCCCCCCCCCCCCCCCC. The normalized spacial score (nSPS) is 28.7. The van der Waals surface area contributed by atoms with E-state index in [1.54, 1.807) is 0 Å². The lowest BCUT2D eigenvalue weighted by atomic mass is 9.96. The Hall–Kier alpha value is -1.21. The fraction of sp³-hybridized carbons (Fsp3) is 0.985. The summed E-state index contributed by atoms with van der Waals surface area (Å²) >= 11 is 0. The molecule has 19 nitrogen and oxygen atoms in total. The first-order chi connectivity index (χ1) is 41.8. The van der Waals surface area contributed by atoms with E-state index in [-0.39, 0.29) is 18.9 Å². The second kappa shape index (κ2) is 50.4. The van der Waals surface area contributed by atoms with E-state index < -0.39 is 124 Å². The van der Waals surface area contributed by atoms with E-state index in [0.717, 1.165) is 44.9 Å². The van der Waals surface area contributed by atoms with Gasteiger partial charge in [0.2, 0.25) is 5.91 Å². The number of carbonyl (C=O) groups is 1. The fourth-order valence-corrected chi connectivity index (χ4v) is 12.4. The van der Waals surface area contributed by atoms with Crippen molar-refractivity contribution < 1.29 is 89.4 Å². The van der Waals surface area contributed by atoms with Gasteiger partial charge in [-0.2, -0.15) is 0 Å². The molecule has 12 N–H and O–H groups in total. The lowest BCUT2D eigenvalue weighted by Crippen LogP contribution is -2.66. The van der Waals surface area contributed by atoms with Crippen LogP contribution in [0, 0.1) is 0 Å². The van der Waals surface area contributed by atoms with Crippen molar-refractivity contribution in [2.45, 2.75) is 394 Å². The summed E-state index contributed by atoms with van der Waals surface area (Å²) in [5.41, 5.74) is 0. The number of rotatable bonds is 55. The smallest absolute Gasteiger partial charge is 0.220 e. The maximum Gasteiger partial charge on any atom is 0.220 e. The lowest BCUT2D eigenvalue weighted by molar-refractivity contribution is -0.379. The van der Waals surface area contributed by atoms with Crippen molar-refractivity contribution in [1.29, 1.82) is 0 Å². The molecule has 3 aliphatic heterocycles. The molecule has 0 radical (unpaired) electrons. The van der Waals surface area contributed by atoms with Gasteiger partial charge in [0.05, 0.1) is 38.6 Å². The van der Waals surface area contributed by atoms with Gasteiger partial charge in [-0.1, -0.05) is 271 Å². The molecular weight excluding hydrogens is 1110 g/mol. The van der Waals surface area contributed by atoms with E-state index in [9.17, 15) is 61.0 Å². The maximum absolute atomic E-state index is 13.4. The summed E-state index contributed by atoms with van der Waals surface area (Å²) < 4.78 is 34.4. The Labute approximate surface area is 519 Å². The monoisotopic (exact) mass is 1240 g/mol. The topological polar surface area (TPSA) is 307 Å². The third-order valence-corrected chi connectivity index (χ3v) is 18.2. The third-order valence-electron chi connectivity index (χ3n) is 18.2. The van der Waals surface area contributed by atoms with Crippen molar-refractivity contribution >= 4 is 5.91 Å². The van der Waals surface area contributed by atoms with E-state index in [4.69, 9.17) is 28.4 Å². The zero-order chi connectivity index (χ0) is 62.6. The molecule has 3 saturated heterocycles. The van der Waals surface area contributed by atoms with Crippen LogP contribution in [0.1, 0.15) is 290 Å². The standard InChI is InChI=1S/C67H129NO18/c1-3-5-7-9-11-13-15-17-19-21-23-24-25-27-29-31-33-35-37-39-41-43-45-55(73)68-50(51(72)44-42-40-38-36-34-32-30-28-26-22-20-18-16-14-12-10-8-6-4-2)49-81-65-61(79)58(76)63(53(47-70)83-65)86-67-62(80)59(77)64(54(48-71)84-67)85-66-60(78)57(75)56(74)52(46-69)82-66/h50-54,56-67,69-72,74-80H,3-49H2,1-2H3,(H,68,73). The molecule has 17 atom stereocenters. The number of carbonyl (C=O) groups excluding carboxylic acids is 1. The van der Waals surface area contributed by atoms with Crippen molar-refractivity contribution in [3.05, 3.63) is 0 Å². The van der Waals surface area contributed by atoms with Crippen molar-refractivity contribution in [2.24, 2.45) is 0 Å².